The molecule has 16 nitrogen and oxygen atoms in total. The summed E-state index contributed by atoms with van der Waals surface area (Å²) in [7, 11) is -15.0. The molecule has 1 aliphatic rings. The van der Waals surface area contributed by atoms with Gasteiger partial charge in [0, 0.05) is 28.1 Å². The Morgan fingerprint density at radius 3 is 2.06 bits per heavy atom. The number of aromatic nitrogens is 1. The maximum absolute atomic E-state index is 14.2. The first-order valence-corrected chi connectivity index (χ1v) is 18.4. The summed E-state index contributed by atoms with van der Waals surface area (Å²) in [6.45, 7) is -0.653. The van der Waals surface area contributed by atoms with Crippen LogP contribution in [0.3, 0.4) is 0 Å². The Labute approximate surface area is 282 Å². The molecule has 0 spiro atoms. The number of benzene rings is 4. The highest BCUT2D eigenvalue weighted by molar-refractivity contribution is 7.86. The van der Waals surface area contributed by atoms with Crippen LogP contribution in [0.1, 0.15) is 31.8 Å². The third-order valence-electron chi connectivity index (χ3n) is 7.68. The number of anilines is 2. The lowest BCUT2D eigenvalue weighted by Gasteiger charge is -2.25. The van der Waals surface area contributed by atoms with Crippen molar-refractivity contribution in [2.75, 3.05) is 18.5 Å². The summed E-state index contributed by atoms with van der Waals surface area (Å²) in [6, 6.07) is 13.6. The Balaban J connectivity index is 1.74. The van der Waals surface area contributed by atoms with Crippen LogP contribution < -0.4 is 15.6 Å². The molecule has 4 aromatic carbocycles. The van der Waals surface area contributed by atoms with E-state index in [1.165, 1.54) is 24.3 Å². The Hall–Kier alpha value is -5.28. The second-order valence-corrected chi connectivity index (χ2v) is 15.0. The second kappa shape index (κ2) is 12.2. The van der Waals surface area contributed by atoms with E-state index in [9.17, 15) is 53.3 Å². The van der Waals surface area contributed by atoms with E-state index in [0.717, 1.165) is 48.5 Å². The van der Waals surface area contributed by atoms with E-state index in [1.54, 1.807) is 0 Å². The topological polar surface area (TPSA) is 272 Å². The van der Waals surface area contributed by atoms with Gasteiger partial charge < -0.3 is 20.1 Å². The van der Waals surface area contributed by atoms with Gasteiger partial charge >= 0.3 is 0 Å². The Morgan fingerprint density at radius 2 is 1.42 bits per heavy atom. The van der Waals surface area contributed by atoms with E-state index >= 15 is 0 Å². The fourth-order valence-electron chi connectivity index (χ4n) is 5.68. The summed E-state index contributed by atoms with van der Waals surface area (Å²) < 4.78 is 109. The largest absolute Gasteiger partial charge is 0.491 e. The number of ketones is 2. The molecule has 0 fully saturated rings. The number of aromatic amines is 1. The molecule has 0 saturated carbocycles. The van der Waals surface area contributed by atoms with Crippen LogP contribution in [-0.4, -0.2) is 73.8 Å². The van der Waals surface area contributed by atoms with Crippen molar-refractivity contribution in [1.82, 2.24) is 4.98 Å². The predicted octanol–water partition coefficient (Wildman–Crippen LogP) is 2.83. The predicted molar refractivity (Wildman–Crippen MR) is 175 cm³/mol. The molecule has 0 radical (unpaired) electrons. The van der Waals surface area contributed by atoms with Gasteiger partial charge in [-0.05, 0) is 35.9 Å². The molecule has 0 saturated heterocycles. The van der Waals surface area contributed by atoms with Crippen molar-refractivity contribution < 1.29 is 58.3 Å². The monoisotopic (exact) mass is 742 g/mol. The summed E-state index contributed by atoms with van der Waals surface area (Å²) in [6.07, 6.45) is 0. The van der Waals surface area contributed by atoms with Gasteiger partial charge in [-0.15, -0.1) is 0 Å². The number of ether oxygens (including phenoxy) is 1. The molecule has 0 unspecified atom stereocenters. The number of hydrogen-bond donors (Lipinski definition) is 6. The van der Waals surface area contributed by atoms with Gasteiger partial charge in [-0.3, -0.25) is 28.0 Å². The van der Waals surface area contributed by atoms with E-state index < -0.39 is 96.8 Å². The number of aliphatic hydroxyl groups is 1. The zero-order valence-electron chi connectivity index (χ0n) is 24.9. The molecule has 0 bridgehead atoms. The van der Waals surface area contributed by atoms with Crippen LogP contribution in [0.2, 0.25) is 0 Å². The molecular formula is C31H22N2O14S3. The van der Waals surface area contributed by atoms with Crippen LogP contribution in [0.5, 0.6) is 5.75 Å². The van der Waals surface area contributed by atoms with Crippen molar-refractivity contribution in [2.45, 2.75) is 14.7 Å². The van der Waals surface area contributed by atoms with E-state index in [4.69, 9.17) is 9.84 Å². The van der Waals surface area contributed by atoms with Crippen molar-refractivity contribution in [1.29, 1.82) is 0 Å². The first-order chi connectivity index (χ1) is 23.4. The number of carbonyl (C=O) groups excluding carboxylic acids is 2. The summed E-state index contributed by atoms with van der Waals surface area (Å²) in [4.78, 5) is 41.8. The maximum atomic E-state index is 14.2. The Bertz CT molecular complexity index is 2700. The van der Waals surface area contributed by atoms with Crippen LogP contribution in [-0.2, 0) is 30.4 Å². The lowest BCUT2D eigenvalue weighted by atomic mass is 9.80. The van der Waals surface area contributed by atoms with E-state index in [2.05, 4.69) is 10.3 Å². The fourth-order valence-corrected chi connectivity index (χ4v) is 7.51. The smallest absolute Gasteiger partial charge is 0.296 e. The molecule has 1 aliphatic carbocycles. The second-order valence-electron chi connectivity index (χ2n) is 10.8. The minimum absolute atomic E-state index is 0.0214. The summed E-state index contributed by atoms with van der Waals surface area (Å²) in [5.41, 5.74) is -4.59. The highest BCUT2D eigenvalue weighted by atomic mass is 32.2. The molecule has 5 aromatic rings. The van der Waals surface area contributed by atoms with Gasteiger partial charge in [-0.1, -0.05) is 36.4 Å². The van der Waals surface area contributed by atoms with Gasteiger partial charge in [0.2, 0.25) is 0 Å². The average molecular weight is 743 g/mol. The first kappa shape index (κ1) is 34.6. The number of nitrogens with one attached hydrogen (secondary N) is 2. The minimum Gasteiger partial charge on any atom is -0.491 e. The number of fused-ring (bicyclic) bond motifs is 2. The zero-order chi connectivity index (χ0) is 36.3. The molecule has 1 aromatic heterocycles. The van der Waals surface area contributed by atoms with E-state index in [1.807, 2.05) is 0 Å². The first-order valence-electron chi connectivity index (χ1n) is 14.0. The number of hydrogen-bond acceptors (Lipinski definition) is 12. The molecular weight excluding hydrogens is 721 g/mol. The number of carbonyl (C=O) groups is 2. The van der Waals surface area contributed by atoms with Crippen molar-refractivity contribution in [3.8, 4) is 16.9 Å². The highest BCUT2D eigenvalue weighted by Gasteiger charge is 2.36. The highest BCUT2D eigenvalue weighted by Crippen LogP contribution is 2.46. The molecule has 6 rings (SSSR count). The fraction of sp³-hybridized carbons (Fsp3) is 0.0645. The third-order valence-corrected chi connectivity index (χ3v) is 10.3. The number of aliphatic hydroxyl groups excluding tert-OH is 1. The summed E-state index contributed by atoms with van der Waals surface area (Å²) in [5, 5.41) is 11.4. The number of pyridine rings is 1. The van der Waals surface area contributed by atoms with E-state index in [0.29, 0.717) is 0 Å². The van der Waals surface area contributed by atoms with E-state index in [-0.39, 0.29) is 40.0 Å². The maximum Gasteiger partial charge on any atom is 0.296 e. The lowest BCUT2D eigenvalue weighted by molar-refractivity contribution is 0.102. The van der Waals surface area contributed by atoms with Crippen LogP contribution in [0.15, 0.2) is 92.3 Å². The zero-order valence-corrected chi connectivity index (χ0v) is 27.4. The normalized spacial score (nSPS) is 12.8. The molecule has 1 heterocycles. The molecule has 50 heavy (non-hydrogen) atoms. The van der Waals surface area contributed by atoms with Crippen molar-refractivity contribution in [3.63, 3.8) is 0 Å². The number of H-pyrrole nitrogens is 1. The molecule has 0 aliphatic heterocycles. The van der Waals surface area contributed by atoms with Gasteiger partial charge in [-0.2, -0.15) is 25.3 Å². The van der Waals surface area contributed by atoms with Gasteiger partial charge in [0.05, 0.1) is 39.5 Å². The summed E-state index contributed by atoms with van der Waals surface area (Å²) >= 11 is 0. The van der Waals surface area contributed by atoms with Gasteiger partial charge in [0.15, 0.2) is 11.6 Å². The lowest BCUT2D eigenvalue weighted by Crippen LogP contribution is -2.25. The standard InChI is InChI=1S/C31H22N2O14S3/c34-10-11-47-16-8-9-22(49(41,42)43)20(13-16)32-21-14-23(50(44,45)46)28-26-24(18-6-1-2-7-19(18)30(36)25(21)26)27(31(37)33-28)29(35)15-4-3-5-17(12-15)48(38,39)40/h1-9,12-14,32,34H,10-11H2,(H,33,37)(H,38,39,40)(H,41,42,43)(H,44,45,46). The molecule has 19 heteroatoms. The molecule has 6 N–H and O–H groups in total. The third kappa shape index (κ3) is 6.07. The van der Waals surface area contributed by atoms with Gasteiger partial charge in [-0.25, -0.2) is 0 Å². The van der Waals surface area contributed by atoms with Crippen LogP contribution in [0.4, 0.5) is 11.4 Å². The van der Waals surface area contributed by atoms with Gasteiger partial charge in [0.1, 0.15) is 22.1 Å². The van der Waals surface area contributed by atoms with Crippen LogP contribution in [0, 0.1) is 0 Å². The quantitative estimate of drug-likeness (QED) is 0.0870. The minimum atomic E-state index is -5.26. The van der Waals surface area contributed by atoms with Crippen LogP contribution >= 0.6 is 0 Å². The average Bonchev–Trinajstić information content (AvgIpc) is 3.04. The number of rotatable bonds is 10. The Kier molecular flexibility index (Phi) is 8.47. The summed E-state index contributed by atoms with van der Waals surface area (Å²) in [5.74, 6) is -1.93. The van der Waals surface area contributed by atoms with Crippen molar-refractivity contribution >= 4 is 64.2 Å². The molecule has 258 valence electrons. The van der Waals surface area contributed by atoms with Crippen molar-refractivity contribution in [2.24, 2.45) is 0 Å². The Morgan fingerprint density at radius 1 is 0.740 bits per heavy atom. The molecule has 0 amide bonds. The van der Waals surface area contributed by atoms with Crippen molar-refractivity contribution in [3.05, 3.63) is 105 Å². The SMILES string of the molecule is O=C(c1cccc(S(=O)(=O)O)c1)c1c2c3c(c(Nc4cc(OCCO)ccc4S(=O)(=O)O)cc(S(=O)(=O)O)c3[nH]c1=O)C(=O)c1ccccc1-2. The van der Waals surface area contributed by atoms with Crippen LogP contribution in [0.25, 0.3) is 22.0 Å². The molecule has 0 atom stereocenters. The van der Waals surface area contributed by atoms with Gasteiger partial charge in [0.25, 0.3) is 35.9 Å².